The molecule has 1 aromatic heterocycles. The number of nitrogens with zero attached hydrogens (tertiary/aromatic N) is 4. The molecule has 3 heterocycles. The topological polar surface area (TPSA) is 41.5 Å². The second-order valence-electron chi connectivity index (χ2n) is 5.93. The predicted molar refractivity (Wildman–Crippen MR) is 74.6 cm³/mol. The maximum Gasteiger partial charge on any atom is 0.218 e. The van der Waals surface area contributed by atoms with Gasteiger partial charge in [-0.2, -0.15) is 0 Å². The van der Waals surface area contributed by atoms with Gasteiger partial charge in [-0.15, -0.1) is 0 Å². The molecular formula is C14H22N4O. The number of hydrogen-bond acceptors (Lipinski definition) is 5. The summed E-state index contributed by atoms with van der Waals surface area (Å²) in [6.07, 6.45) is 5.49. The van der Waals surface area contributed by atoms with Crippen LogP contribution in [0.2, 0.25) is 0 Å². The van der Waals surface area contributed by atoms with E-state index in [0.29, 0.717) is 11.3 Å². The lowest BCUT2D eigenvalue weighted by Crippen LogP contribution is -2.45. The molecule has 104 valence electrons. The molecule has 5 heteroatoms. The van der Waals surface area contributed by atoms with E-state index in [-0.39, 0.29) is 0 Å². The smallest absolute Gasteiger partial charge is 0.218 e. The van der Waals surface area contributed by atoms with Crippen LogP contribution in [-0.4, -0.2) is 55.2 Å². The Morgan fingerprint density at radius 3 is 2.84 bits per heavy atom. The first-order chi connectivity index (χ1) is 9.21. The first kappa shape index (κ1) is 12.7. The van der Waals surface area contributed by atoms with Crippen molar-refractivity contribution in [2.24, 2.45) is 5.41 Å². The number of hydrogen-bond donors (Lipinski definition) is 0. The van der Waals surface area contributed by atoms with E-state index in [4.69, 9.17) is 4.74 Å². The van der Waals surface area contributed by atoms with Gasteiger partial charge in [0.2, 0.25) is 5.88 Å². The van der Waals surface area contributed by atoms with Crippen molar-refractivity contribution in [3.63, 3.8) is 0 Å². The highest BCUT2D eigenvalue weighted by atomic mass is 16.5. The molecular weight excluding hydrogens is 240 g/mol. The third-order valence-electron chi connectivity index (χ3n) is 4.45. The number of rotatable bonds is 2. The average molecular weight is 262 g/mol. The molecule has 1 atom stereocenters. The minimum atomic E-state index is 0.463. The summed E-state index contributed by atoms with van der Waals surface area (Å²) in [4.78, 5) is 13.3. The third-order valence-corrected chi connectivity index (χ3v) is 4.45. The van der Waals surface area contributed by atoms with E-state index in [1.54, 1.807) is 13.4 Å². The number of ether oxygens (including phenoxy) is 1. The van der Waals surface area contributed by atoms with Crippen molar-refractivity contribution in [3.8, 4) is 5.88 Å². The molecule has 0 radical (unpaired) electrons. The van der Waals surface area contributed by atoms with Crippen molar-refractivity contribution < 1.29 is 4.74 Å². The van der Waals surface area contributed by atoms with Crippen LogP contribution < -0.4 is 9.64 Å². The Kier molecular flexibility index (Phi) is 3.31. The molecule has 2 fully saturated rings. The van der Waals surface area contributed by atoms with E-state index in [0.717, 1.165) is 18.9 Å². The number of aromatic nitrogens is 2. The summed E-state index contributed by atoms with van der Waals surface area (Å²) in [6.45, 7) is 4.63. The maximum atomic E-state index is 5.19. The molecule has 2 saturated heterocycles. The second kappa shape index (κ2) is 4.96. The van der Waals surface area contributed by atoms with Gasteiger partial charge in [0.1, 0.15) is 12.1 Å². The quantitative estimate of drug-likeness (QED) is 0.806. The number of methoxy groups -OCH3 is 1. The minimum absolute atomic E-state index is 0.463. The van der Waals surface area contributed by atoms with Gasteiger partial charge in [0.15, 0.2) is 0 Å². The van der Waals surface area contributed by atoms with Gasteiger partial charge in [0, 0.05) is 31.1 Å². The van der Waals surface area contributed by atoms with Crippen molar-refractivity contribution in [1.29, 1.82) is 0 Å². The first-order valence-corrected chi connectivity index (χ1v) is 7.00. The third kappa shape index (κ3) is 2.52. The van der Waals surface area contributed by atoms with Crippen molar-refractivity contribution in [2.45, 2.75) is 19.3 Å². The van der Waals surface area contributed by atoms with Crippen LogP contribution in [0.25, 0.3) is 0 Å². The van der Waals surface area contributed by atoms with E-state index in [2.05, 4.69) is 26.8 Å². The van der Waals surface area contributed by atoms with Gasteiger partial charge in [0.05, 0.1) is 7.11 Å². The summed E-state index contributed by atoms with van der Waals surface area (Å²) in [7, 11) is 3.87. The Bertz CT molecular complexity index is 449. The fourth-order valence-corrected chi connectivity index (χ4v) is 3.51. The van der Waals surface area contributed by atoms with Gasteiger partial charge >= 0.3 is 0 Å². The van der Waals surface area contributed by atoms with Gasteiger partial charge in [0.25, 0.3) is 0 Å². The second-order valence-corrected chi connectivity index (χ2v) is 5.93. The van der Waals surface area contributed by atoms with Crippen molar-refractivity contribution >= 4 is 5.82 Å². The van der Waals surface area contributed by atoms with Crippen LogP contribution in [0, 0.1) is 5.41 Å². The van der Waals surface area contributed by atoms with Crippen molar-refractivity contribution in [2.75, 3.05) is 45.2 Å². The van der Waals surface area contributed by atoms with Gasteiger partial charge in [-0.1, -0.05) is 0 Å². The van der Waals surface area contributed by atoms with Crippen LogP contribution in [0.15, 0.2) is 12.4 Å². The lowest BCUT2D eigenvalue weighted by Gasteiger charge is -2.41. The maximum absolute atomic E-state index is 5.19. The van der Waals surface area contributed by atoms with Crippen LogP contribution in [0.1, 0.15) is 19.3 Å². The largest absolute Gasteiger partial charge is 0.481 e. The first-order valence-electron chi connectivity index (χ1n) is 7.00. The van der Waals surface area contributed by atoms with E-state index in [1.807, 2.05) is 6.07 Å². The van der Waals surface area contributed by atoms with Crippen LogP contribution in [0.5, 0.6) is 5.88 Å². The molecule has 2 aliphatic rings. The number of likely N-dealkylation sites (tertiary alicyclic amines) is 1. The normalized spacial score (nSPS) is 28.0. The lowest BCUT2D eigenvalue weighted by atomic mass is 9.79. The molecule has 0 aliphatic carbocycles. The standard InChI is InChI=1S/C14H22N4O/c1-17-7-5-14(9-17)4-3-6-18(10-14)12-8-13(19-2)16-11-15-12/h8,11H,3-7,9-10H2,1-2H3/t14-/m1/s1. The van der Waals surface area contributed by atoms with E-state index in [1.165, 1.54) is 32.4 Å². The zero-order valence-electron chi connectivity index (χ0n) is 11.8. The lowest BCUT2D eigenvalue weighted by molar-refractivity contribution is 0.233. The average Bonchev–Trinajstić information content (AvgIpc) is 2.79. The Morgan fingerprint density at radius 2 is 2.11 bits per heavy atom. The highest BCUT2D eigenvalue weighted by Crippen LogP contribution is 2.39. The highest BCUT2D eigenvalue weighted by molar-refractivity contribution is 5.41. The monoisotopic (exact) mass is 262 g/mol. The summed E-state index contributed by atoms with van der Waals surface area (Å²) < 4.78 is 5.19. The SMILES string of the molecule is COc1cc(N2CCC[C@]3(CCN(C)C3)C2)ncn1. The Morgan fingerprint density at radius 1 is 1.21 bits per heavy atom. The molecule has 0 bridgehead atoms. The molecule has 0 saturated carbocycles. The summed E-state index contributed by atoms with van der Waals surface area (Å²) in [5, 5.41) is 0. The predicted octanol–water partition coefficient (Wildman–Crippen LogP) is 1.41. The summed E-state index contributed by atoms with van der Waals surface area (Å²) in [5.74, 6) is 1.65. The van der Waals surface area contributed by atoms with Crippen molar-refractivity contribution in [1.82, 2.24) is 14.9 Å². The van der Waals surface area contributed by atoms with Crippen LogP contribution in [0.4, 0.5) is 5.82 Å². The zero-order valence-corrected chi connectivity index (χ0v) is 11.8. The molecule has 0 amide bonds. The van der Waals surface area contributed by atoms with Gasteiger partial charge in [-0.05, 0) is 32.9 Å². The molecule has 3 rings (SSSR count). The molecule has 1 spiro atoms. The summed E-state index contributed by atoms with van der Waals surface area (Å²) in [6, 6.07) is 1.94. The van der Waals surface area contributed by atoms with E-state index < -0.39 is 0 Å². The number of anilines is 1. The fraction of sp³-hybridized carbons (Fsp3) is 0.714. The van der Waals surface area contributed by atoms with Crippen LogP contribution in [-0.2, 0) is 0 Å². The van der Waals surface area contributed by atoms with E-state index >= 15 is 0 Å². The highest BCUT2D eigenvalue weighted by Gasteiger charge is 2.40. The van der Waals surface area contributed by atoms with Crippen LogP contribution in [0.3, 0.4) is 0 Å². The summed E-state index contributed by atoms with van der Waals surface area (Å²) in [5.41, 5.74) is 0.463. The van der Waals surface area contributed by atoms with Crippen molar-refractivity contribution in [3.05, 3.63) is 12.4 Å². The molecule has 0 aromatic carbocycles. The molecule has 5 nitrogen and oxygen atoms in total. The molecule has 19 heavy (non-hydrogen) atoms. The van der Waals surface area contributed by atoms with Gasteiger partial charge in [-0.25, -0.2) is 9.97 Å². The Labute approximate surface area is 114 Å². The fourth-order valence-electron chi connectivity index (χ4n) is 3.51. The Hall–Kier alpha value is -1.36. The van der Waals surface area contributed by atoms with Gasteiger partial charge in [-0.3, -0.25) is 0 Å². The molecule has 2 aliphatic heterocycles. The number of piperidine rings is 1. The Balaban J connectivity index is 1.77. The minimum Gasteiger partial charge on any atom is -0.481 e. The van der Waals surface area contributed by atoms with Crippen LogP contribution >= 0.6 is 0 Å². The molecule has 0 N–H and O–H groups in total. The van der Waals surface area contributed by atoms with Gasteiger partial charge < -0.3 is 14.5 Å². The van der Waals surface area contributed by atoms with E-state index in [9.17, 15) is 0 Å². The molecule has 0 unspecified atom stereocenters. The zero-order chi connectivity index (χ0) is 13.3. The summed E-state index contributed by atoms with van der Waals surface area (Å²) >= 11 is 0. The molecule has 1 aromatic rings.